The quantitative estimate of drug-likeness (QED) is 0.171. The van der Waals surface area contributed by atoms with Crippen LogP contribution in [0.25, 0.3) is 0 Å². The van der Waals surface area contributed by atoms with Crippen molar-refractivity contribution in [3.8, 4) is 17.2 Å². The number of benzene rings is 4. The SMILES string of the molecule is CCNC(=O)[C@H](Cc1ccccc1)N(Cc1cccc(C)c1)C(=O)CN(c1cc(Cl)ccc1OC)S(=O)(=O)c1ccc(OC)c(OC)c1. The molecule has 48 heavy (non-hydrogen) atoms. The second-order valence-electron chi connectivity index (χ2n) is 11.0. The number of methoxy groups -OCH3 is 3. The van der Waals surface area contributed by atoms with E-state index in [0.717, 1.165) is 21.0 Å². The molecule has 254 valence electrons. The number of carbonyl (C=O) groups is 2. The molecule has 0 aliphatic heterocycles. The first-order valence-corrected chi connectivity index (χ1v) is 17.1. The van der Waals surface area contributed by atoms with Crippen LogP contribution in [0.1, 0.15) is 23.6 Å². The number of anilines is 1. The molecule has 0 saturated heterocycles. The Labute approximate surface area is 287 Å². The van der Waals surface area contributed by atoms with E-state index in [1.165, 1.54) is 56.6 Å². The van der Waals surface area contributed by atoms with Gasteiger partial charge in [-0.1, -0.05) is 71.8 Å². The number of nitrogens with one attached hydrogen (secondary N) is 1. The van der Waals surface area contributed by atoms with Crippen LogP contribution in [-0.4, -0.2) is 65.6 Å². The van der Waals surface area contributed by atoms with E-state index in [2.05, 4.69) is 5.32 Å². The van der Waals surface area contributed by atoms with Crippen molar-refractivity contribution in [3.63, 3.8) is 0 Å². The summed E-state index contributed by atoms with van der Waals surface area (Å²) in [6, 6.07) is 24.6. The van der Waals surface area contributed by atoms with Crippen molar-refractivity contribution in [2.75, 3.05) is 38.7 Å². The highest BCUT2D eigenvalue weighted by Crippen LogP contribution is 2.37. The van der Waals surface area contributed by atoms with Crippen molar-refractivity contribution in [2.24, 2.45) is 0 Å². The lowest BCUT2D eigenvalue weighted by Crippen LogP contribution is -2.53. The molecule has 2 amide bonds. The average Bonchev–Trinajstić information content (AvgIpc) is 3.08. The van der Waals surface area contributed by atoms with Gasteiger partial charge in [0.15, 0.2) is 11.5 Å². The minimum Gasteiger partial charge on any atom is -0.495 e. The highest BCUT2D eigenvalue weighted by Gasteiger charge is 2.36. The lowest BCUT2D eigenvalue weighted by atomic mass is 10.0. The van der Waals surface area contributed by atoms with Crippen molar-refractivity contribution < 1.29 is 32.2 Å². The molecule has 1 N–H and O–H groups in total. The molecule has 0 heterocycles. The second kappa shape index (κ2) is 16.4. The maximum absolute atomic E-state index is 14.7. The van der Waals surface area contributed by atoms with Crippen molar-refractivity contribution in [1.29, 1.82) is 0 Å². The van der Waals surface area contributed by atoms with Gasteiger partial charge in [0.25, 0.3) is 10.0 Å². The first-order valence-electron chi connectivity index (χ1n) is 15.3. The normalized spacial score (nSPS) is 11.7. The largest absolute Gasteiger partial charge is 0.495 e. The summed E-state index contributed by atoms with van der Waals surface area (Å²) in [7, 11) is -0.242. The number of carbonyl (C=O) groups excluding carboxylic acids is 2. The van der Waals surface area contributed by atoms with E-state index in [4.69, 9.17) is 25.8 Å². The molecule has 0 spiro atoms. The van der Waals surface area contributed by atoms with Crippen molar-refractivity contribution in [3.05, 3.63) is 113 Å². The van der Waals surface area contributed by atoms with E-state index in [9.17, 15) is 18.0 Å². The van der Waals surface area contributed by atoms with Crippen molar-refractivity contribution in [1.82, 2.24) is 10.2 Å². The summed E-state index contributed by atoms with van der Waals surface area (Å²) in [5.74, 6) is -0.296. The number of rotatable bonds is 15. The molecule has 10 nitrogen and oxygen atoms in total. The lowest BCUT2D eigenvalue weighted by molar-refractivity contribution is -0.140. The van der Waals surface area contributed by atoms with Crippen LogP contribution in [-0.2, 0) is 32.6 Å². The molecule has 0 unspecified atom stereocenters. The van der Waals surface area contributed by atoms with Gasteiger partial charge in [0.05, 0.1) is 31.9 Å². The minimum absolute atomic E-state index is 0.0428. The van der Waals surface area contributed by atoms with Gasteiger partial charge in [-0.25, -0.2) is 8.42 Å². The zero-order valence-electron chi connectivity index (χ0n) is 27.6. The molecule has 4 rings (SSSR count). The molecule has 0 aliphatic carbocycles. The number of sulfonamides is 1. The Morgan fingerprint density at radius 3 is 2.12 bits per heavy atom. The third-order valence-electron chi connectivity index (χ3n) is 7.69. The van der Waals surface area contributed by atoms with Gasteiger partial charge in [0.1, 0.15) is 18.3 Å². The third kappa shape index (κ3) is 8.59. The molecule has 12 heteroatoms. The molecule has 4 aromatic rings. The summed E-state index contributed by atoms with van der Waals surface area (Å²) < 4.78 is 46.2. The Bertz CT molecular complexity index is 1840. The fourth-order valence-electron chi connectivity index (χ4n) is 5.33. The van der Waals surface area contributed by atoms with Crippen LogP contribution in [0.5, 0.6) is 17.2 Å². The van der Waals surface area contributed by atoms with Gasteiger partial charge in [-0.3, -0.25) is 13.9 Å². The molecule has 0 fully saturated rings. The predicted octanol–water partition coefficient (Wildman–Crippen LogP) is 5.65. The number of hydrogen-bond donors (Lipinski definition) is 1. The molecule has 0 aromatic heterocycles. The molecule has 0 bridgehead atoms. The third-order valence-corrected chi connectivity index (χ3v) is 9.68. The van der Waals surface area contributed by atoms with Crippen LogP contribution in [0.4, 0.5) is 5.69 Å². The van der Waals surface area contributed by atoms with Crippen molar-refractivity contribution in [2.45, 2.75) is 37.8 Å². The molecule has 4 aromatic carbocycles. The van der Waals surface area contributed by atoms with E-state index in [1.54, 1.807) is 13.0 Å². The fourth-order valence-corrected chi connectivity index (χ4v) is 6.93. The summed E-state index contributed by atoms with van der Waals surface area (Å²) >= 11 is 6.38. The molecule has 1 atom stereocenters. The maximum atomic E-state index is 14.7. The highest BCUT2D eigenvalue weighted by atomic mass is 35.5. The first kappa shape index (κ1) is 36.1. The Morgan fingerprint density at radius 2 is 1.48 bits per heavy atom. The molecular weight excluding hydrogens is 654 g/mol. The topological polar surface area (TPSA) is 114 Å². The van der Waals surface area contributed by atoms with E-state index < -0.39 is 28.5 Å². The fraction of sp³-hybridized carbons (Fsp3) is 0.278. The smallest absolute Gasteiger partial charge is 0.265 e. The summed E-state index contributed by atoms with van der Waals surface area (Å²) in [6.45, 7) is 3.45. The number of aryl methyl sites for hydroxylation is 1. The standard InChI is InChI=1S/C36H40ClN3O7S/c1-6-38-36(42)31(20-26-12-8-7-9-13-26)39(23-27-14-10-11-25(2)19-27)35(41)24-40(30-21-28(37)15-17-32(30)45-3)48(43,44)29-16-18-33(46-4)34(22-29)47-5/h7-19,21-22,31H,6,20,23-24H2,1-5H3,(H,38,42)/t31-/m0/s1. The molecule has 0 aliphatic rings. The van der Waals surface area contributed by atoms with Gasteiger partial charge in [0.2, 0.25) is 11.8 Å². The van der Waals surface area contributed by atoms with E-state index >= 15 is 0 Å². The summed E-state index contributed by atoms with van der Waals surface area (Å²) in [6.07, 6.45) is 0.202. The number of amides is 2. The number of hydrogen-bond acceptors (Lipinski definition) is 7. The monoisotopic (exact) mass is 693 g/mol. The zero-order chi connectivity index (χ0) is 34.8. The average molecular weight is 694 g/mol. The highest BCUT2D eigenvalue weighted by molar-refractivity contribution is 7.92. The van der Waals surface area contributed by atoms with Crippen LogP contribution in [0.15, 0.2) is 95.9 Å². The molecule has 0 radical (unpaired) electrons. The van der Waals surface area contributed by atoms with E-state index in [0.29, 0.717) is 12.3 Å². The van der Waals surface area contributed by atoms with Gasteiger partial charge < -0.3 is 24.4 Å². The number of likely N-dealkylation sites (N-methyl/N-ethyl adjacent to an activating group) is 1. The second-order valence-corrected chi connectivity index (χ2v) is 13.3. The zero-order valence-corrected chi connectivity index (χ0v) is 29.2. The van der Waals surface area contributed by atoms with Gasteiger partial charge >= 0.3 is 0 Å². The van der Waals surface area contributed by atoms with Gasteiger partial charge in [-0.2, -0.15) is 0 Å². The van der Waals surface area contributed by atoms with Crippen LogP contribution in [0.2, 0.25) is 5.02 Å². The summed E-state index contributed by atoms with van der Waals surface area (Å²) in [4.78, 5) is 29.6. The van der Waals surface area contributed by atoms with Crippen molar-refractivity contribution >= 4 is 39.1 Å². The summed E-state index contributed by atoms with van der Waals surface area (Å²) in [5, 5.41) is 3.09. The number of nitrogens with zero attached hydrogens (tertiary/aromatic N) is 2. The van der Waals surface area contributed by atoms with Crippen LogP contribution in [0, 0.1) is 6.92 Å². The Morgan fingerprint density at radius 1 is 0.812 bits per heavy atom. The lowest BCUT2D eigenvalue weighted by Gasteiger charge is -2.34. The van der Waals surface area contributed by atoms with Crippen LogP contribution < -0.4 is 23.8 Å². The van der Waals surface area contributed by atoms with E-state index in [1.807, 2.05) is 61.5 Å². The minimum atomic E-state index is -4.47. The first-order chi connectivity index (χ1) is 23.0. The Balaban J connectivity index is 1.88. The van der Waals surface area contributed by atoms with Crippen LogP contribution >= 0.6 is 11.6 Å². The molecule has 0 saturated carbocycles. The number of halogens is 1. The van der Waals surface area contributed by atoms with Gasteiger partial charge in [-0.05, 0) is 55.3 Å². The van der Waals surface area contributed by atoms with Crippen LogP contribution in [0.3, 0.4) is 0 Å². The van der Waals surface area contributed by atoms with Gasteiger partial charge in [-0.15, -0.1) is 0 Å². The number of ether oxygens (including phenoxy) is 3. The maximum Gasteiger partial charge on any atom is 0.265 e. The Kier molecular flexibility index (Phi) is 12.3. The summed E-state index contributed by atoms with van der Waals surface area (Å²) in [5.41, 5.74) is 2.63. The van der Waals surface area contributed by atoms with Gasteiger partial charge in [0, 0.05) is 30.6 Å². The predicted molar refractivity (Wildman–Crippen MR) is 186 cm³/mol. The molecular formula is C36H40ClN3O7S. The Hall–Kier alpha value is -4.74. The van der Waals surface area contributed by atoms with E-state index in [-0.39, 0.29) is 46.0 Å².